The summed E-state index contributed by atoms with van der Waals surface area (Å²) < 4.78 is 43.0. The molecule has 0 radical (unpaired) electrons. The number of nitrogens with zero attached hydrogens (tertiary/aromatic N) is 2. The second kappa shape index (κ2) is 7.91. The van der Waals surface area contributed by atoms with E-state index in [2.05, 4.69) is 10.5 Å². The van der Waals surface area contributed by atoms with E-state index < -0.39 is 12.1 Å². The lowest BCUT2D eigenvalue weighted by Crippen LogP contribution is -2.45. The number of nitrogens with one attached hydrogen (secondary N) is 1. The van der Waals surface area contributed by atoms with E-state index in [0.717, 1.165) is 11.8 Å². The molecule has 0 spiro atoms. The predicted molar refractivity (Wildman–Crippen MR) is 82.6 cm³/mol. The zero-order valence-corrected chi connectivity index (χ0v) is 13.9. The Labute approximate surface area is 141 Å². The summed E-state index contributed by atoms with van der Waals surface area (Å²) >= 11 is 1.05. The van der Waals surface area contributed by atoms with E-state index in [-0.39, 0.29) is 42.1 Å². The van der Waals surface area contributed by atoms with Crippen LogP contribution in [0.5, 0.6) is 0 Å². The molecule has 24 heavy (non-hydrogen) atoms. The predicted octanol–water partition coefficient (Wildman–Crippen LogP) is 2.46. The maximum Gasteiger partial charge on any atom is 0.393 e. The quantitative estimate of drug-likeness (QED) is 0.868. The molecule has 1 atom stereocenters. The highest BCUT2D eigenvalue weighted by molar-refractivity contribution is 8.00. The van der Waals surface area contributed by atoms with Crippen LogP contribution in [0.4, 0.5) is 19.0 Å². The van der Waals surface area contributed by atoms with Gasteiger partial charge >= 0.3 is 6.18 Å². The maximum absolute atomic E-state index is 12.7. The van der Waals surface area contributed by atoms with E-state index in [4.69, 9.17) is 4.52 Å². The number of carbonyl (C=O) groups is 2. The standard InChI is InChI=1S/C14H18F3N3O3S/c1-9-5-11(19-23-9)18-12(21)7-24-8-13(22)20-4-2-3-10(6-20)14(15,16)17/h5,10H,2-4,6-8H2,1H3,(H,18,19,21). The number of halogens is 3. The zero-order chi connectivity index (χ0) is 17.7. The smallest absolute Gasteiger partial charge is 0.360 e. The number of likely N-dealkylation sites (tertiary alicyclic amines) is 1. The maximum atomic E-state index is 12.7. The van der Waals surface area contributed by atoms with E-state index in [0.29, 0.717) is 18.7 Å². The number of amides is 2. The van der Waals surface area contributed by atoms with Gasteiger partial charge in [-0.15, -0.1) is 11.8 Å². The Morgan fingerprint density at radius 2 is 2.21 bits per heavy atom. The van der Waals surface area contributed by atoms with Crippen molar-refractivity contribution >= 4 is 29.4 Å². The highest BCUT2D eigenvalue weighted by atomic mass is 32.2. The highest BCUT2D eigenvalue weighted by Crippen LogP contribution is 2.33. The molecule has 2 rings (SSSR count). The van der Waals surface area contributed by atoms with E-state index in [1.165, 1.54) is 4.90 Å². The summed E-state index contributed by atoms with van der Waals surface area (Å²) in [6.45, 7) is 1.71. The van der Waals surface area contributed by atoms with Crippen molar-refractivity contribution in [3.05, 3.63) is 11.8 Å². The molecule has 0 bridgehead atoms. The molecule has 0 aromatic carbocycles. The molecule has 1 aromatic heterocycles. The van der Waals surface area contributed by atoms with Gasteiger partial charge in [-0.05, 0) is 19.8 Å². The van der Waals surface area contributed by atoms with Gasteiger partial charge < -0.3 is 14.7 Å². The molecule has 2 amide bonds. The van der Waals surface area contributed by atoms with Crippen LogP contribution in [0.2, 0.25) is 0 Å². The fourth-order valence-corrected chi connectivity index (χ4v) is 3.11. The van der Waals surface area contributed by atoms with Crippen LogP contribution in [0.25, 0.3) is 0 Å². The van der Waals surface area contributed by atoms with Gasteiger partial charge in [0, 0.05) is 19.2 Å². The van der Waals surface area contributed by atoms with Gasteiger partial charge in [-0.2, -0.15) is 13.2 Å². The first-order chi connectivity index (χ1) is 11.3. The fraction of sp³-hybridized carbons (Fsp3) is 0.643. The van der Waals surface area contributed by atoms with Crippen molar-refractivity contribution in [1.29, 1.82) is 0 Å². The minimum atomic E-state index is -4.28. The lowest BCUT2D eigenvalue weighted by Gasteiger charge is -2.33. The number of alkyl halides is 3. The molecule has 0 saturated carbocycles. The van der Waals surface area contributed by atoms with Crippen LogP contribution >= 0.6 is 11.8 Å². The average Bonchev–Trinajstić information content (AvgIpc) is 2.91. The van der Waals surface area contributed by atoms with E-state index in [9.17, 15) is 22.8 Å². The molecule has 1 aromatic rings. The Hall–Kier alpha value is -1.71. The Kier molecular flexibility index (Phi) is 6.14. The molecule has 1 unspecified atom stereocenters. The van der Waals surface area contributed by atoms with Crippen molar-refractivity contribution in [2.75, 3.05) is 29.9 Å². The lowest BCUT2D eigenvalue weighted by atomic mass is 9.97. The van der Waals surface area contributed by atoms with E-state index >= 15 is 0 Å². The van der Waals surface area contributed by atoms with Crippen molar-refractivity contribution < 1.29 is 27.3 Å². The average molecular weight is 365 g/mol. The third-order valence-electron chi connectivity index (χ3n) is 3.59. The largest absolute Gasteiger partial charge is 0.393 e. The van der Waals surface area contributed by atoms with Gasteiger partial charge in [0.25, 0.3) is 0 Å². The van der Waals surface area contributed by atoms with Crippen LogP contribution < -0.4 is 5.32 Å². The van der Waals surface area contributed by atoms with E-state index in [1.807, 2.05) is 0 Å². The number of hydrogen-bond donors (Lipinski definition) is 1. The Morgan fingerprint density at radius 3 is 2.83 bits per heavy atom. The van der Waals surface area contributed by atoms with Crippen LogP contribution in [0.3, 0.4) is 0 Å². The first-order valence-corrected chi connectivity index (χ1v) is 8.56. The van der Waals surface area contributed by atoms with Crippen molar-refractivity contribution in [2.24, 2.45) is 5.92 Å². The number of piperidine rings is 1. The summed E-state index contributed by atoms with van der Waals surface area (Å²) in [5.74, 6) is -1.37. The van der Waals surface area contributed by atoms with Gasteiger partial charge in [-0.25, -0.2) is 0 Å². The molecule has 1 aliphatic rings. The van der Waals surface area contributed by atoms with Crippen molar-refractivity contribution in [2.45, 2.75) is 25.9 Å². The van der Waals surface area contributed by atoms with Gasteiger partial charge in [-0.1, -0.05) is 5.16 Å². The van der Waals surface area contributed by atoms with E-state index in [1.54, 1.807) is 13.0 Å². The highest BCUT2D eigenvalue weighted by Gasteiger charge is 2.42. The van der Waals surface area contributed by atoms with Crippen LogP contribution in [0.1, 0.15) is 18.6 Å². The third-order valence-corrected chi connectivity index (χ3v) is 4.51. The summed E-state index contributed by atoms with van der Waals surface area (Å²) in [6, 6.07) is 1.55. The summed E-state index contributed by atoms with van der Waals surface area (Å²) in [6.07, 6.45) is -3.88. The summed E-state index contributed by atoms with van der Waals surface area (Å²) in [5, 5.41) is 6.11. The summed E-state index contributed by atoms with van der Waals surface area (Å²) in [5.41, 5.74) is 0. The Balaban J connectivity index is 1.71. The van der Waals surface area contributed by atoms with Crippen LogP contribution in [-0.4, -0.2) is 52.6 Å². The van der Waals surface area contributed by atoms with Crippen LogP contribution in [0, 0.1) is 12.8 Å². The fourth-order valence-electron chi connectivity index (χ4n) is 2.40. The van der Waals surface area contributed by atoms with Gasteiger partial charge in [0.05, 0.1) is 17.4 Å². The molecular weight excluding hydrogens is 347 g/mol. The molecule has 134 valence electrons. The van der Waals surface area contributed by atoms with Gasteiger partial charge in [-0.3, -0.25) is 9.59 Å². The van der Waals surface area contributed by atoms with Crippen LogP contribution in [0.15, 0.2) is 10.6 Å². The van der Waals surface area contributed by atoms with Gasteiger partial charge in [0.2, 0.25) is 11.8 Å². The molecule has 2 heterocycles. The molecule has 1 aliphatic heterocycles. The summed E-state index contributed by atoms with van der Waals surface area (Å²) in [4.78, 5) is 24.9. The minimum absolute atomic E-state index is 0.00812. The third kappa shape index (κ3) is 5.43. The SMILES string of the molecule is Cc1cc(NC(=O)CSCC(=O)N2CCCC(C(F)(F)F)C2)no1. The van der Waals surface area contributed by atoms with Crippen molar-refractivity contribution in [1.82, 2.24) is 10.1 Å². The normalized spacial score (nSPS) is 18.5. The van der Waals surface area contributed by atoms with Crippen molar-refractivity contribution in [3.8, 4) is 0 Å². The second-order valence-electron chi connectivity index (χ2n) is 5.58. The van der Waals surface area contributed by atoms with Gasteiger partial charge in [0.15, 0.2) is 5.82 Å². The first-order valence-electron chi connectivity index (χ1n) is 7.41. The number of anilines is 1. The Morgan fingerprint density at radius 1 is 1.46 bits per heavy atom. The number of thioether (sulfide) groups is 1. The monoisotopic (exact) mass is 365 g/mol. The van der Waals surface area contributed by atoms with Gasteiger partial charge in [0.1, 0.15) is 5.76 Å². The molecule has 6 nitrogen and oxygen atoms in total. The summed E-state index contributed by atoms with van der Waals surface area (Å²) in [7, 11) is 0. The number of carbonyl (C=O) groups excluding carboxylic acids is 2. The Bertz CT molecular complexity index is 591. The number of rotatable bonds is 5. The molecule has 0 aliphatic carbocycles. The topological polar surface area (TPSA) is 75.4 Å². The molecule has 1 N–H and O–H groups in total. The number of hydrogen-bond acceptors (Lipinski definition) is 5. The number of aromatic nitrogens is 1. The first kappa shape index (κ1) is 18.6. The molecule has 1 fully saturated rings. The molecular formula is C14H18F3N3O3S. The zero-order valence-electron chi connectivity index (χ0n) is 13.1. The minimum Gasteiger partial charge on any atom is -0.360 e. The lowest BCUT2D eigenvalue weighted by molar-refractivity contribution is -0.187. The van der Waals surface area contributed by atoms with Crippen LogP contribution in [-0.2, 0) is 9.59 Å². The van der Waals surface area contributed by atoms with Crippen molar-refractivity contribution in [3.63, 3.8) is 0 Å². The number of aryl methyl sites for hydroxylation is 1. The molecule has 1 saturated heterocycles. The second-order valence-corrected chi connectivity index (χ2v) is 6.57. The molecule has 10 heteroatoms.